The van der Waals surface area contributed by atoms with Gasteiger partial charge in [0, 0.05) is 12.7 Å². The second kappa shape index (κ2) is 5.52. The molecule has 2 N–H and O–H groups in total. The van der Waals surface area contributed by atoms with E-state index in [0.717, 1.165) is 12.0 Å². The lowest BCUT2D eigenvalue weighted by Gasteiger charge is -2.01. The number of benzene rings is 1. The first-order chi connectivity index (χ1) is 6.77. The molecule has 0 bridgehead atoms. The van der Waals surface area contributed by atoms with E-state index in [0.29, 0.717) is 12.1 Å². The van der Waals surface area contributed by atoms with Crippen molar-refractivity contribution in [1.29, 1.82) is 0 Å². The zero-order valence-corrected chi connectivity index (χ0v) is 8.32. The molecule has 3 heteroatoms. The van der Waals surface area contributed by atoms with E-state index in [4.69, 9.17) is 10.5 Å². The number of hydrogen-bond acceptors (Lipinski definition) is 3. The first-order valence-corrected chi connectivity index (χ1v) is 4.59. The van der Waals surface area contributed by atoms with Gasteiger partial charge in [0.15, 0.2) is 5.78 Å². The lowest BCUT2D eigenvalue weighted by atomic mass is 10.1. The third kappa shape index (κ3) is 2.94. The molecule has 14 heavy (non-hydrogen) atoms. The van der Waals surface area contributed by atoms with Gasteiger partial charge in [-0.3, -0.25) is 4.79 Å². The van der Waals surface area contributed by atoms with E-state index in [1.165, 1.54) is 7.11 Å². The molecule has 0 fully saturated rings. The summed E-state index contributed by atoms with van der Waals surface area (Å²) >= 11 is 0. The maximum atomic E-state index is 11.4. The first-order valence-electron chi connectivity index (χ1n) is 4.59. The summed E-state index contributed by atoms with van der Waals surface area (Å²) in [6, 6.07) is 7.48. The lowest BCUT2D eigenvalue weighted by Crippen LogP contribution is -2.07. The number of methoxy groups -OCH3 is 1. The predicted molar refractivity (Wildman–Crippen MR) is 55.4 cm³/mol. The number of carbonyl (C=O) groups excluding carboxylic acids is 1. The number of carbonyl (C=O) groups is 1. The highest BCUT2D eigenvalue weighted by atomic mass is 16.5. The summed E-state index contributed by atoms with van der Waals surface area (Å²) in [5.74, 6) is 0.00629. The molecule has 0 aromatic heterocycles. The molecular weight excluding hydrogens is 178 g/mol. The average Bonchev–Trinajstić information content (AvgIpc) is 2.20. The summed E-state index contributed by atoms with van der Waals surface area (Å²) < 4.78 is 4.77. The van der Waals surface area contributed by atoms with Crippen LogP contribution in [0.3, 0.4) is 0 Å². The molecule has 0 heterocycles. The number of Topliss-reactive ketones (excluding diaryl/α,β-unsaturated/α-hetero) is 1. The van der Waals surface area contributed by atoms with Crippen LogP contribution in [0, 0.1) is 0 Å². The summed E-state index contributed by atoms with van der Waals surface area (Å²) in [5.41, 5.74) is 7.26. The average molecular weight is 193 g/mol. The largest absolute Gasteiger partial charge is 0.377 e. The van der Waals surface area contributed by atoms with Crippen LogP contribution in [-0.2, 0) is 11.2 Å². The van der Waals surface area contributed by atoms with Crippen molar-refractivity contribution >= 4 is 5.78 Å². The minimum absolute atomic E-state index is 0.00629. The third-order valence-corrected chi connectivity index (χ3v) is 1.98. The molecule has 0 radical (unpaired) electrons. The van der Waals surface area contributed by atoms with Gasteiger partial charge in [0.25, 0.3) is 0 Å². The number of nitrogens with two attached hydrogens (primary N) is 1. The molecule has 1 aromatic rings. The lowest BCUT2D eigenvalue weighted by molar-refractivity contribution is 0.0848. The highest BCUT2D eigenvalue weighted by Crippen LogP contribution is 2.05. The molecule has 76 valence electrons. The van der Waals surface area contributed by atoms with Gasteiger partial charge in [-0.2, -0.15) is 0 Å². The molecule has 0 aliphatic carbocycles. The molecule has 0 atom stereocenters. The highest BCUT2D eigenvalue weighted by molar-refractivity contribution is 5.97. The second-order valence-electron chi connectivity index (χ2n) is 3.09. The molecule has 0 aliphatic heterocycles. The minimum Gasteiger partial charge on any atom is -0.377 e. The van der Waals surface area contributed by atoms with Crippen molar-refractivity contribution in [3.63, 3.8) is 0 Å². The van der Waals surface area contributed by atoms with Gasteiger partial charge in [0.1, 0.15) is 6.61 Å². The fourth-order valence-corrected chi connectivity index (χ4v) is 1.24. The fraction of sp³-hybridized carbons (Fsp3) is 0.364. The standard InChI is InChI=1S/C11H15NO2/c1-14-8-11(13)10-4-2-9(3-5-10)6-7-12/h2-5H,6-8,12H2,1H3. The summed E-state index contributed by atoms with van der Waals surface area (Å²) in [6.07, 6.45) is 0.846. The van der Waals surface area contributed by atoms with Crippen molar-refractivity contribution in [2.75, 3.05) is 20.3 Å². The Balaban J connectivity index is 2.67. The smallest absolute Gasteiger partial charge is 0.188 e. The van der Waals surface area contributed by atoms with Crippen LogP contribution in [0.4, 0.5) is 0 Å². The van der Waals surface area contributed by atoms with Gasteiger partial charge >= 0.3 is 0 Å². The summed E-state index contributed by atoms with van der Waals surface area (Å²) in [5, 5.41) is 0. The molecule has 0 spiro atoms. The van der Waals surface area contributed by atoms with Gasteiger partial charge in [0.05, 0.1) is 0 Å². The minimum atomic E-state index is 0.00629. The number of ketones is 1. The topological polar surface area (TPSA) is 52.3 Å². The number of rotatable bonds is 5. The zero-order chi connectivity index (χ0) is 10.4. The number of ether oxygens (including phenoxy) is 1. The molecule has 1 rings (SSSR count). The molecule has 0 saturated carbocycles. The van der Waals surface area contributed by atoms with E-state index in [1.54, 1.807) is 0 Å². The van der Waals surface area contributed by atoms with Crippen LogP contribution in [0.15, 0.2) is 24.3 Å². The predicted octanol–water partition coefficient (Wildman–Crippen LogP) is 1.02. The van der Waals surface area contributed by atoms with Gasteiger partial charge in [0.2, 0.25) is 0 Å². The maximum Gasteiger partial charge on any atom is 0.188 e. The maximum absolute atomic E-state index is 11.4. The van der Waals surface area contributed by atoms with E-state index in [2.05, 4.69) is 0 Å². The summed E-state index contributed by atoms with van der Waals surface area (Å²) in [4.78, 5) is 11.4. The quantitative estimate of drug-likeness (QED) is 0.710. The molecule has 0 saturated heterocycles. The Hall–Kier alpha value is -1.19. The second-order valence-corrected chi connectivity index (χ2v) is 3.09. The highest BCUT2D eigenvalue weighted by Gasteiger charge is 2.03. The van der Waals surface area contributed by atoms with E-state index in [1.807, 2.05) is 24.3 Å². The van der Waals surface area contributed by atoms with Crippen LogP contribution in [0.5, 0.6) is 0 Å². The summed E-state index contributed by atoms with van der Waals surface area (Å²) in [6.45, 7) is 0.765. The Bertz CT molecular complexity index is 293. The van der Waals surface area contributed by atoms with Crippen LogP contribution in [-0.4, -0.2) is 26.0 Å². The van der Waals surface area contributed by atoms with Gasteiger partial charge in [-0.25, -0.2) is 0 Å². The Kier molecular flexibility index (Phi) is 4.29. The zero-order valence-electron chi connectivity index (χ0n) is 8.32. The molecular formula is C11H15NO2. The van der Waals surface area contributed by atoms with Crippen molar-refractivity contribution in [2.24, 2.45) is 5.73 Å². The van der Waals surface area contributed by atoms with E-state index in [9.17, 15) is 4.79 Å². The Morgan fingerprint density at radius 2 is 2.00 bits per heavy atom. The van der Waals surface area contributed by atoms with Crippen LogP contribution >= 0.6 is 0 Å². The van der Waals surface area contributed by atoms with E-state index in [-0.39, 0.29) is 12.4 Å². The Labute approximate surface area is 83.9 Å². The van der Waals surface area contributed by atoms with Crippen LogP contribution in [0.25, 0.3) is 0 Å². The van der Waals surface area contributed by atoms with Crippen LogP contribution in [0.1, 0.15) is 15.9 Å². The van der Waals surface area contributed by atoms with Gasteiger partial charge in [-0.15, -0.1) is 0 Å². The molecule has 0 unspecified atom stereocenters. The van der Waals surface area contributed by atoms with Crippen LogP contribution in [0.2, 0.25) is 0 Å². The van der Waals surface area contributed by atoms with Crippen molar-refractivity contribution < 1.29 is 9.53 Å². The van der Waals surface area contributed by atoms with Crippen molar-refractivity contribution in [2.45, 2.75) is 6.42 Å². The molecule has 0 aliphatic rings. The van der Waals surface area contributed by atoms with Gasteiger partial charge < -0.3 is 10.5 Å². The number of hydrogen-bond donors (Lipinski definition) is 1. The van der Waals surface area contributed by atoms with Crippen molar-refractivity contribution in [3.8, 4) is 0 Å². The molecule has 3 nitrogen and oxygen atoms in total. The summed E-state index contributed by atoms with van der Waals surface area (Å²) in [7, 11) is 1.51. The first kappa shape index (κ1) is 10.9. The molecule has 0 amide bonds. The molecule has 1 aromatic carbocycles. The normalized spacial score (nSPS) is 10.1. The van der Waals surface area contributed by atoms with Gasteiger partial charge in [-0.1, -0.05) is 24.3 Å². The fourth-order valence-electron chi connectivity index (χ4n) is 1.24. The van der Waals surface area contributed by atoms with Crippen LogP contribution < -0.4 is 5.73 Å². The third-order valence-electron chi connectivity index (χ3n) is 1.98. The van der Waals surface area contributed by atoms with Gasteiger partial charge in [-0.05, 0) is 18.5 Å². The van der Waals surface area contributed by atoms with E-state index < -0.39 is 0 Å². The SMILES string of the molecule is COCC(=O)c1ccc(CCN)cc1. The van der Waals surface area contributed by atoms with Crippen molar-refractivity contribution in [1.82, 2.24) is 0 Å². The monoisotopic (exact) mass is 193 g/mol. The van der Waals surface area contributed by atoms with Crippen molar-refractivity contribution in [3.05, 3.63) is 35.4 Å². The Morgan fingerprint density at radius 1 is 1.36 bits per heavy atom. The Morgan fingerprint density at radius 3 is 2.50 bits per heavy atom. The van der Waals surface area contributed by atoms with E-state index >= 15 is 0 Å².